The van der Waals surface area contributed by atoms with Gasteiger partial charge in [0.2, 0.25) is 0 Å². The molecule has 1 aromatic rings. The molecule has 19 heavy (non-hydrogen) atoms. The molecule has 0 saturated carbocycles. The Labute approximate surface area is 129 Å². The molecule has 1 aromatic carbocycles. The standard InChI is InChI=1S/C15H23BrN2S/c1-11-12(2)19-9-8-18(11)7-6-15(17)13-4-3-5-14(16)10-13/h3-5,10-12,15H,6-9,17H2,1-2H3. The molecule has 3 atom stereocenters. The molecule has 1 aliphatic rings. The van der Waals surface area contributed by atoms with Crippen LogP contribution in [0.15, 0.2) is 28.7 Å². The summed E-state index contributed by atoms with van der Waals surface area (Å²) in [6.45, 7) is 6.96. The van der Waals surface area contributed by atoms with E-state index < -0.39 is 0 Å². The van der Waals surface area contributed by atoms with Gasteiger partial charge < -0.3 is 5.73 Å². The van der Waals surface area contributed by atoms with Crippen molar-refractivity contribution in [1.82, 2.24) is 4.90 Å². The molecule has 0 amide bonds. The zero-order valence-electron chi connectivity index (χ0n) is 11.7. The fourth-order valence-corrected chi connectivity index (χ4v) is 4.10. The highest BCUT2D eigenvalue weighted by molar-refractivity contribution is 9.10. The zero-order chi connectivity index (χ0) is 13.8. The van der Waals surface area contributed by atoms with Crippen molar-refractivity contribution in [3.8, 4) is 0 Å². The summed E-state index contributed by atoms with van der Waals surface area (Å²) in [6.07, 6.45) is 1.03. The molecule has 4 heteroatoms. The lowest BCUT2D eigenvalue weighted by molar-refractivity contribution is 0.206. The summed E-state index contributed by atoms with van der Waals surface area (Å²) >= 11 is 5.59. The van der Waals surface area contributed by atoms with Crippen molar-refractivity contribution in [2.24, 2.45) is 5.73 Å². The molecular weight excluding hydrogens is 320 g/mol. The normalized spacial score (nSPS) is 26.3. The fraction of sp³-hybridized carbons (Fsp3) is 0.600. The Kier molecular flexibility index (Phi) is 5.75. The van der Waals surface area contributed by atoms with Gasteiger partial charge in [-0.1, -0.05) is 35.0 Å². The molecule has 0 aromatic heterocycles. The quantitative estimate of drug-likeness (QED) is 0.905. The number of hydrogen-bond donors (Lipinski definition) is 1. The maximum atomic E-state index is 6.31. The second kappa shape index (κ2) is 7.11. The number of rotatable bonds is 4. The second-order valence-corrected chi connectivity index (χ2v) is 7.70. The van der Waals surface area contributed by atoms with E-state index in [9.17, 15) is 0 Å². The van der Waals surface area contributed by atoms with Crippen molar-refractivity contribution in [2.45, 2.75) is 37.6 Å². The Balaban J connectivity index is 1.88. The Bertz CT molecular complexity index is 413. The van der Waals surface area contributed by atoms with Crippen LogP contribution in [0.25, 0.3) is 0 Å². The number of hydrogen-bond acceptors (Lipinski definition) is 3. The van der Waals surface area contributed by atoms with E-state index in [2.05, 4.69) is 64.6 Å². The summed E-state index contributed by atoms with van der Waals surface area (Å²) < 4.78 is 1.11. The minimum absolute atomic E-state index is 0.134. The van der Waals surface area contributed by atoms with Crippen LogP contribution in [0.5, 0.6) is 0 Å². The fourth-order valence-electron chi connectivity index (χ4n) is 2.52. The van der Waals surface area contributed by atoms with Crippen LogP contribution in [0.4, 0.5) is 0 Å². The van der Waals surface area contributed by atoms with Crippen LogP contribution in [0.2, 0.25) is 0 Å². The van der Waals surface area contributed by atoms with Crippen LogP contribution in [0.3, 0.4) is 0 Å². The van der Waals surface area contributed by atoms with Gasteiger partial charge in [0.25, 0.3) is 0 Å². The van der Waals surface area contributed by atoms with E-state index in [1.165, 1.54) is 17.9 Å². The molecule has 2 N–H and O–H groups in total. The summed E-state index contributed by atoms with van der Waals surface area (Å²) in [4.78, 5) is 2.58. The summed E-state index contributed by atoms with van der Waals surface area (Å²) in [7, 11) is 0. The average molecular weight is 343 g/mol. The summed E-state index contributed by atoms with van der Waals surface area (Å²) in [5.41, 5.74) is 7.53. The molecule has 1 saturated heterocycles. The molecule has 1 aliphatic heterocycles. The van der Waals surface area contributed by atoms with Crippen LogP contribution in [0.1, 0.15) is 31.9 Å². The average Bonchev–Trinajstić information content (AvgIpc) is 2.40. The summed E-state index contributed by atoms with van der Waals surface area (Å²) in [5, 5.41) is 0.732. The van der Waals surface area contributed by atoms with E-state index in [1.54, 1.807) is 0 Å². The summed E-state index contributed by atoms with van der Waals surface area (Å²) in [6, 6.07) is 9.14. The highest BCUT2D eigenvalue weighted by Gasteiger charge is 2.25. The lowest BCUT2D eigenvalue weighted by Crippen LogP contribution is -2.45. The number of thioether (sulfide) groups is 1. The molecule has 0 bridgehead atoms. The molecular formula is C15H23BrN2S. The van der Waals surface area contributed by atoms with Gasteiger partial charge in [-0.3, -0.25) is 4.90 Å². The first-order valence-corrected chi connectivity index (χ1v) is 8.79. The highest BCUT2D eigenvalue weighted by Crippen LogP contribution is 2.25. The molecule has 2 nitrogen and oxygen atoms in total. The van der Waals surface area contributed by atoms with Crippen molar-refractivity contribution in [3.63, 3.8) is 0 Å². The summed E-state index contributed by atoms with van der Waals surface area (Å²) in [5.74, 6) is 1.25. The van der Waals surface area contributed by atoms with Crippen molar-refractivity contribution in [3.05, 3.63) is 34.3 Å². The maximum absolute atomic E-state index is 6.31. The van der Waals surface area contributed by atoms with Crippen LogP contribution < -0.4 is 5.73 Å². The third-order valence-corrected chi connectivity index (χ3v) is 5.85. The molecule has 1 fully saturated rings. The lowest BCUT2D eigenvalue weighted by atomic mass is 10.0. The topological polar surface area (TPSA) is 29.3 Å². The number of benzene rings is 1. The largest absolute Gasteiger partial charge is 0.324 e. The first kappa shape index (κ1) is 15.4. The van der Waals surface area contributed by atoms with E-state index in [0.717, 1.165) is 22.7 Å². The molecule has 3 unspecified atom stereocenters. The minimum Gasteiger partial charge on any atom is -0.324 e. The van der Waals surface area contributed by atoms with Gasteiger partial charge in [-0.15, -0.1) is 0 Å². The Morgan fingerprint density at radius 1 is 1.47 bits per heavy atom. The molecule has 106 valence electrons. The van der Waals surface area contributed by atoms with Crippen LogP contribution >= 0.6 is 27.7 Å². The smallest absolute Gasteiger partial charge is 0.0307 e. The predicted molar refractivity (Wildman–Crippen MR) is 88.6 cm³/mol. The monoisotopic (exact) mass is 342 g/mol. The lowest BCUT2D eigenvalue weighted by Gasteiger charge is -2.38. The van der Waals surface area contributed by atoms with Crippen molar-refractivity contribution >= 4 is 27.7 Å². The van der Waals surface area contributed by atoms with Crippen LogP contribution in [0, 0.1) is 0 Å². The number of halogens is 1. The third kappa shape index (κ3) is 4.22. The van der Waals surface area contributed by atoms with Gasteiger partial charge in [0.15, 0.2) is 0 Å². The minimum atomic E-state index is 0.134. The predicted octanol–water partition coefficient (Wildman–Crippen LogP) is 3.66. The molecule has 0 spiro atoms. The van der Waals surface area contributed by atoms with E-state index >= 15 is 0 Å². The molecule has 1 heterocycles. The van der Waals surface area contributed by atoms with E-state index in [4.69, 9.17) is 5.73 Å². The van der Waals surface area contributed by atoms with Gasteiger partial charge in [0.05, 0.1) is 0 Å². The van der Waals surface area contributed by atoms with E-state index in [0.29, 0.717) is 6.04 Å². The Morgan fingerprint density at radius 2 is 2.26 bits per heavy atom. The third-order valence-electron chi connectivity index (χ3n) is 4.02. The number of nitrogens with two attached hydrogens (primary N) is 1. The van der Waals surface area contributed by atoms with Crippen molar-refractivity contribution in [2.75, 3.05) is 18.8 Å². The van der Waals surface area contributed by atoms with Gasteiger partial charge in [0.1, 0.15) is 0 Å². The van der Waals surface area contributed by atoms with E-state index in [-0.39, 0.29) is 6.04 Å². The molecule has 0 aliphatic carbocycles. The Hall–Kier alpha value is -0.0300. The molecule has 0 radical (unpaired) electrons. The van der Waals surface area contributed by atoms with Crippen molar-refractivity contribution in [1.29, 1.82) is 0 Å². The van der Waals surface area contributed by atoms with Crippen LogP contribution in [-0.2, 0) is 0 Å². The van der Waals surface area contributed by atoms with E-state index in [1.807, 2.05) is 6.07 Å². The molecule has 2 rings (SSSR count). The van der Waals surface area contributed by atoms with Gasteiger partial charge >= 0.3 is 0 Å². The second-order valence-electron chi connectivity index (χ2n) is 5.30. The maximum Gasteiger partial charge on any atom is 0.0307 e. The van der Waals surface area contributed by atoms with Gasteiger partial charge in [0, 0.05) is 40.6 Å². The first-order chi connectivity index (χ1) is 9.08. The van der Waals surface area contributed by atoms with Gasteiger partial charge in [-0.25, -0.2) is 0 Å². The number of nitrogens with zero attached hydrogens (tertiary/aromatic N) is 1. The van der Waals surface area contributed by atoms with Gasteiger partial charge in [-0.05, 0) is 31.0 Å². The SMILES string of the molecule is CC1SCCN(CCC(N)c2cccc(Br)c2)C1C. The first-order valence-electron chi connectivity index (χ1n) is 6.94. The van der Waals surface area contributed by atoms with Crippen LogP contribution in [-0.4, -0.2) is 35.0 Å². The van der Waals surface area contributed by atoms with Crippen molar-refractivity contribution < 1.29 is 0 Å². The Morgan fingerprint density at radius 3 is 3.00 bits per heavy atom. The highest BCUT2D eigenvalue weighted by atomic mass is 79.9. The van der Waals surface area contributed by atoms with Gasteiger partial charge in [-0.2, -0.15) is 11.8 Å². The zero-order valence-corrected chi connectivity index (χ0v) is 14.1.